The van der Waals surface area contributed by atoms with Gasteiger partial charge in [0.2, 0.25) is 0 Å². The van der Waals surface area contributed by atoms with Crippen LogP contribution in [0.3, 0.4) is 0 Å². The number of benzene rings is 2. The second-order valence-corrected chi connectivity index (χ2v) is 7.68. The average Bonchev–Trinajstić information content (AvgIpc) is 3.26. The van der Waals surface area contributed by atoms with E-state index in [0.717, 1.165) is 27.8 Å². The summed E-state index contributed by atoms with van der Waals surface area (Å²) in [5.74, 6) is 1.17. The van der Waals surface area contributed by atoms with Crippen LogP contribution in [0.1, 0.15) is 28.4 Å². The maximum absolute atomic E-state index is 12.6. The number of rotatable bonds is 7. The Morgan fingerprint density at radius 3 is 2.77 bits per heavy atom. The van der Waals surface area contributed by atoms with Crippen molar-refractivity contribution in [2.24, 2.45) is 5.10 Å². The zero-order chi connectivity index (χ0) is 21.6. The number of hydrogen-bond acceptors (Lipinski definition) is 6. The molecule has 156 valence electrons. The van der Waals surface area contributed by atoms with Gasteiger partial charge in [0.1, 0.15) is 5.75 Å². The van der Waals surface area contributed by atoms with Crippen LogP contribution < -0.4 is 10.2 Å². The van der Waals surface area contributed by atoms with E-state index in [1.54, 1.807) is 31.8 Å². The number of thioether (sulfide) groups is 1. The lowest BCUT2D eigenvalue weighted by Gasteiger charge is -2.10. The fraction of sp³-hybridized carbons (Fsp3) is 0.130. The molecule has 0 saturated carbocycles. The standard InChI is InChI=1S/C23H21N5O2S/c1-15(27-28-22(29)19-13-26-20-7-4-3-6-18(19)20)16-8-9-21(30-2)17(12-16)14-31-23-24-10-5-11-25-23/h3-13,26H,14H2,1-2H3,(H,28,29)/b27-15-. The Morgan fingerprint density at radius 1 is 1.16 bits per heavy atom. The highest BCUT2D eigenvalue weighted by Gasteiger charge is 2.12. The highest BCUT2D eigenvalue weighted by Crippen LogP contribution is 2.27. The van der Waals surface area contributed by atoms with Crippen LogP contribution in [0, 0.1) is 0 Å². The van der Waals surface area contributed by atoms with Gasteiger partial charge in [-0.15, -0.1) is 0 Å². The van der Waals surface area contributed by atoms with Crippen molar-refractivity contribution in [3.8, 4) is 5.75 Å². The van der Waals surface area contributed by atoms with Crippen molar-refractivity contribution < 1.29 is 9.53 Å². The second-order valence-electron chi connectivity index (χ2n) is 6.73. The minimum atomic E-state index is -0.262. The monoisotopic (exact) mass is 431 g/mol. The van der Waals surface area contributed by atoms with Crippen LogP contribution in [-0.2, 0) is 5.75 Å². The van der Waals surface area contributed by atoms with Crippen molar-refractivity contribution in [1.29, 1.82) is 0 Å². The lowest BCUT2D eigenvalue weighted by atomic mass is 10.1. The maximum atomic E-state index is 12.6. The molecule has 2 heterocycles. The van der Waals surface area contributed by atoms with Crippen LogP contribution >= 0.6 is 11.8 Å². The number of H-pyrrole nitrogens is 1. The lowest BCUT2D eigenvalue weighted by Crippen LogP contribution is -2.19. The van der Waals surface area contributed by atoms with Gasteiger partial charge in [-0.3, -0.25) is 4.79 Å². The van der Waals surface area contributed by atoms with Crippen LogP contribution in [0.15, 0.2) is 77.4 Å². The van der Waals surface area contributed by atoms with E-state index in [1.165, 1.54) is 11.8 Å². The summed E-state index contributed by atoms with van der Waals surface area (Å²) in [6.07, 6.45) is 5.13. The number of carbonyl (C=O) groups is 1. The molecule has 0 unspecified atom stereocenters. The molecule has 1 amide bonds. The van der Waals surface area contributed by atoms with Gasteiger partial charge in [0.15, 0.2) is 5.16 Å². The molecule has 0 aliphatic rings. The summed E-state index contributed by atoms with van der Waals surface area (Å²) in [6, 6.07) is 15.3. The third kappa shape index (κ3) is 4.75. The predicted octanol–water partition coefficient (Wildman–Crippen LogP) is 4.41. The molecule has 4 rings (SSSR count). The molecule has 0 aliphatic heterocycles. The van der Waals surface area contributed by atoms with Crippen molar-refractivity contribution in [2.75, 3.05) is 7.11 Å². The van der Waals surface area contributed by atoms with Gasteiger partial charge in [-0.25, -0.2) is 15.4 Å². The summed E-state index contributed by atoms with van der Waals surface area (Å²) >= 11 is 1.53. The Bertz CT molecular complexity index is 1240. The van der Waals surface area contributed by atoms with Gasteiger partial charge in [0.25, 0.3) is 5.91 Å². The van der Waals surface area contributed by atoms with Crippen molar-refractivity contribution in [3.05, 3.63) is 83.8 Å². The molecule has 0 spiro atoms. The third-order valence-corrected chi connectivity index (χ3v) is 5.68. The number of para-hydroxylation sites is 1. The molecule has 7 nitrogen and oxygen atoms in total. The minimum absolute atomic E-state index is 0.262. The molecule has 2 aromatic carbocycles. The number of hydrazone groups is 1. The van der Waals surface area contributed by atoms with Crippen LogP contribution in [0.25, 0.3) is 10.9 Å². The Hall–Kier alpha value is -3.65. The van der Waals surface area contributed by atoms with Crippen molar-refractivity contribution >= 4 is 34.3 Å². The zero-order valence-corrected chi connectivity index (χ0v) is 17.9. The van der Waals surface area contributed by atoms with E-state index in [1.807, 2.05) is 49.4 Å². The average molecular weight is 432 g/mol. The Morgan fingerprint density at radius 2 is 1.97 bits per heavy atom. The van der Waals surface area contributed by atoms with Crippen LogP contribution in [-0.4, -0.2) is 33.7 Å². The van der Waals surface area contributed by atoms with E-state index in [9.17, 15) is 4.79 Å². The topological polar surface area (TPSA) is 92.3 Å². The van der Waals surface area contributed by atoms with E-state index < -0.39 is 0 Å². The number of aromatic amines is 1. The first-order chi connectivity index (χ1) is 15.2. The number of carbonyl (C=O) groups excluding carboxylic acids is 1. The first-order valence-electron chi connectivity index (χ1n) is 9.63. The summed E-state index contributed by atoms with van der Waals surface area (Å²) in [5.41, 5.74) is 6.70. The number of aromatic nitrogens is 3. The fourth-order valence-electron chi connectivity index (χ4n) is 3.14. The van der Waals surface area contributed by atoms with E-state index in [4.69, 9.17) is 4.74 Å². The van der Waals surface area contributed by atoms with Gasteiger partial charge in [-0.2, -0.15) is 5.10 Å². The van der Waals surface area contributed by atoms with Gasteiger partial charge < -0.3 is 9.72 Å². The summed E-state index contributed by atoms with van der Waals surface area (Å²) < 4.78 is 5.49. The van der Waals surface area contributed by atoms with Gasteiger partial charge in [0.05, 0.1) is 18.4 Å². The maximum Gasteiger partial charge on any atom is 0.273 e. The molecule has 0 fully saturated rings. The van der Waals surface area contributed by atoms with Crippen molar-refractivity contribution in [1.82, 2.24) is 20.4 Å². The van der Waals surface area contributed by atoms with Gasteiger partial charge >= 0.3 is 0 Å². The SMILES string of the molecule is COc1ccc(/C(C)=N\NC(=O)c2c[nH]c3ccccc23)cc1CSc1ncccn1. The molecule has 0 aliphatic carbocycles. The quantitative estimate of drug-likeness (QED) is 0.196. The number of hydrogen-bond donors (Lipinski definition) is 2. The number of nitrogens with zero attached hydrogens (tertiary/aromatic N) is 3. The van der Waals surface area contributed by atoms with Crippen molar-refractivity contribution in [3.63, 3.8) is 0 Å². The summed E-state index contributed by atoms with van der Waals surface area (Å²) in [7, 11) is 1.64. The first-order valence-corrected chi connectivity index (χ1v) is 10.6. The highest BCUT2D eigenvalue weighted by atomic mass is 32.2. The van der Waals surface area contributed by atoms with E-state index >= 15 is 0 Å². The number of nitrogens with one attached hydrogen (secondary N) is 2. The van der Waals surface area contributed by atoms with Crippen LogP contribution in [0.4, 0.5) is 0 Å². The minimum Gasteiger partial charge on any atom is -0.496 e. The molecule has 2 aromatic heterocycles. The molecule has 0 bridgehead atoms. The van der Waals surface area contributed by atoms with Crippen LogP contribution in [0.5, 0.6) is 5.75 Å². The van der Waals surface area contributed by atoms with E-state index in [2.05, 4.69) is 25.5 Å². The highest BCUT2D eigenvalue weighted by molar-refractivity contribution is 7.98. The Labute approximate surface area is 184 Å². The number of methoxy groups -OCH3 is 1. The Balaban J connectivity index is 1.50. The van der Waals surface area contributed by atoms with E-state index in [-0.39, 0.29) is 5.91 Å². The smallest absolute Gasteiger partial charge is 0.273 e. The molecule has 0 radical (unpaired) electrons. The Kier molecular flexibility index (Phi) is 6.28. The van der Waals surface area contributed by atoms with Crippen molar-refractivity contribution in [2.45, 2.75) is 17.8 Å². The lowest BCUT2D eigenvalue weighted by molar-refractivity contribution is 0.0956. The summed E-state index contributed by atoms with van der Waals surface area (Å²) in [6.45, 7) is 1.86. The van der Waals surface area contributed by atoms with Crippen LogP contribution in [0.2, 0.25) is 0 Å². The number of amides is 1. The summed E-state index contributed by atoms with van der Waals surface area (Å²) in [4.78, 5) is 24.2. The first kappa shape index (κ1) is 20.6. The largest absolute Gasteiger partial charge is 0.496 e. The molecule has 0 saturated heterocycles. The molecular weight excluding hydrogens is 410 g/mol. The molecule has 31 heavy (non-hydrogen) atoms. The summed E-state index contributed by atoms with van der Waals surface area (Å²) in [5, 5.41) is 5.86. The zero-order valence-electron chi connectivity index (χ0n) is 17.1. The molecule has 2 N–H and O–H groups in total. The second kappa shape index (κ2) is 9.44. The van der Waals surface area contributed by atoms with Gasteiger partial charge in [-0.05, 0) is 42.8 Å². The fourth-order valence-corrected chi connectivity index (χ4v) is 3.92. The normalized spacial score (nSPS) is 11.5. The number of fused-ring (bicyclic) bond motifs is 1. The number of ether oxygens (including phenoxy) is 1. The third-order valence-electron chi connectivity index (χ3n) is 4.76. The molecular formula is C23H21N5O2S. The molecule has 4 aromatic rings. The van der Waals surface area contributed by atoms with Gasteiger partial charge in [0, 0.05) is 40.8 Å². The van der Waals surface area contributed by atoms with E-state index in [0.29, 0.717) is 22.2 Å². The molecule has 0 atom stereocenters. The van der Waals surface area contributed by atoms with Gasteiger partial charge in [-0.1, -0.05) is 30.0 Å². The predicted molar refractivity (Wildman–Crippen MR) is 123 cm³/mol. The molecule has 8 heteroatoms.